The molecule has 8 heteroatoms. The Kier molecular flexibility index (Phi) is 7.27. The number of rotatable bonds is 8. The molecule has 144 valence electrons. The zero-order valence-corrected chi connectivity index (χ0v) is 15.1. The molecule has 2 rings (SSSR count). The van der Waals surface area contributed by atoms with Gasteiger partial charge in [-0.3, -0.25) is 0 Å². The van der Waals surface area contributed by atoms with Gasteiger partial charge >= 0.3 is 0 Å². The number of unbranched alkanes of at least 4 members (excludes halogenated alkanes) is 5. The molecular formula is C18H18F7P. The Balaban J connectivity index is 2.37. The zero-order chi connectivity index (χ0) is 19.4. The van der Waals surface area contributed by atoms with E-state index in [1.807, 2.05) is 0 Å². The molecule has 0 heterocycles. The third kappa shape index (κ3) is 3.98. The van der Waals surface area contributed by atoms with Crippen LogP contribution in [0, 0.1) is 40.7 Å². The molecule has 0 radical (unpaired) electrons. The second kappa shape index (κ2) is 9.03. The normalized spacial score (nSPS) is 12.0. The van der Waals surface area contributed by atoms with E-state index in [0.29, 0.717) is 12.6 Å². The molecule has 2 aromatic rings. The van der Waals surface area contributed by atoms with Gasteiger partial charge in [0, 0.05) is 10.7 Å². The predicted molar refractivity (Wildman–Crippen MR) is 89.8 cm³/mol. The molecule has 0 aliphatic rings. The van der Waals surface area contributed by atoms with Crippen LogP contribution in [0.4, 0.5) is 30.7 Å². The fourth-order valence-electron chi connectivity index (χ4n) is 2.78. The van der Waals surface area contributed by atoms with Crippen molar-refractivity contribution in [1.82, 2.24) is 0 Å². The van der Waals surface area contributed by atoms with Gasteiger partial charge < -0.3 is 0 Å². The number of hydrogen-bond donors (Lipinski definition) is 0. The summed E-state index contributed by atoms with van der Waals surface area (Å²) in [4.78, 5) is 0. The number of hydrogen-bond acceptors (Lipinski definition) is 0. The van der Waals surface area contributed by atoms with Crippen molar-refractivity contribution in [3.05, 3.63) is 40.7 Å². The summed E-state index contributed by atoms with van der Waals surface area (Å²) in [6, 6.07) is 0. The Labute approximate surface area is 148 Å². The van der Waals surface area contributed by atoms with Crippen molar-refractivity contribution < 1.29 is 30.7 Å². The fraction of sp³-hybridized carbons (Fsp3) is 0.444. The van der Waals surface area contributed by atoms with E-state index < -0.39 is 65.4 Å². The van der Waals surface area contributed by atoms with Crippen LogP contribution in [0.1, 0.15) is 45.4 Å². The largest absolute Gasteiger partial charge is 0.203 e. The molecule has 0 nitrogen and oxygen atoms in total. The van der Waals surface area contributed by atoms with Crippen LogP contribution in [-0.4, -0.2) is 6.16 Å². The van der Waals surface area contributed by atoms with Crippen LogP contribution in [-0.2, 0) is 0 Å². The average Bonchev–Trinajstić information content (AvgIpc) is 2.63. The van der Waals surface area contributed by atoms with E-state index in [2.05, 4.69) is 6.92 Å². The molecule has 0 bridgehead atoms. The van der Waals surface area contributed by atoms with Gasteiger partial charge in [0.15, 0.2) is 40.7 Å². The smallest absolute Gasteiger partial charge is 0.198 e. The van der Waals surface area contributed by atoms with E-state index in [0.717, 1.165) is 32.1 Å². The second-order valence-electron chi connectivity index (χ2n) is 6.02. The van der Waals surface area contributed by atoms with Gasteiger partial charge in [-0.05, 0) is 12.6 Å². The molecule has 0 N–H and O–H groups in total. The SMILES string of the molecule is CCCCCCCCPc1c(F)c(F)c(F)c2c(F)c(F)c(F)c(F)c12. The van der Waals surface area contributed by atoms with Crippen LogP contribution < -0.4 is 5.30 Å². The van der Waals surface area contributed by atoms with Crippen LogP contribution in [0.5, 0.6) is 0 Å². The molecule has 26 heavy (non-hydrogen) atoms. The minimum absolute atomic E-state index is 0.323. The Morgan fingerprint density at radius 3 is 1.58 bits per heavy atom. The molecular weight excluding hydrogens is 380 g/mol. The van der Waals surface area contributed by atoms with Crippen LogP contribution in [0.3, 0.4) is 0 Å². The second-order valence-corrected chi connectivity index (χ2v) is 7.37. The van der Waals surface area contributed by atoms with Gasteiger partial charge in [0.25, 0.3) is 0 Å². The maximum absolute atomic E-state index is 14.1. The van der Waals surface area contributed by atoms with E-state index in [1.54, 1.807) is 0 Å². The molecule has 0 amide bonds. The molecule has 0 saturated heterocycles. The summed E-state index contributed by atoms with van der Waals surface area (Å²) in [6.07, 6.45) is 5.89. The van der Waals surface area contributed by atoms with Crippen LogP contribution in [0.2, 0.25) is 0 Å². The first-order chi connectivity index (χ1) is 12.3. The molecule has 0 saturated carbocycles. The fourth-order valence-corrected chi connectivity index (χ4v) is 4.14. The predicted octanol–water partition coefficient (Wildman–Crippen LogP) is 6.48. The first kappa shape index (κ1) is 20.9. The van der Waals surface area contributed by atoms with Gasteiger partial charge in [0.2, 0.25) is 0 Å². The molecule has 1 unspecified atom stereocenters. The quantitative estimate of drug-likeness (QED) is 0.157. The summed E-state index contributed by atoms with van der Waals surface area (Å²) >= 11 is 0. The molecule has 0 spiro atoms. The highest BCUT2D eigenvalue weighted by Crippen LogP contribution is 2.33. The van der Waals surface area contributed by atoms with Crippen molar-refractivity contribution in [3.63, 3.8) is 0 Å². The van der Waals surface area contributed by atoms with Crippen molar-refractivity contribution in [2.45, 2.75) is 45.4 Å². The number of fused-ring (bicyclic) bond motifs is 1. The summed E-state index contributed by atoms with van der Waals surface area (Å²) in [6.45, 7) is 2.06. The maximum Gasteiger partial charge on any atom is 0.198 e. The first-order valence-corrected chi connectivity index (χ1v) is 9.59. The summed E-state index contributed by atoms with van der Waals surface area (Å²) < 4.78 is 96.4. The van der Waals surface area contributed by atoms with Gasteiger partial charge in [-0.2, -0.15) is 0 Å². The first-order valence-electron chi connectivity index (χ1n) is 8.38. The lowest BCUT2D eigenvalue weighted by Gasteiger charge is -2.13. The van der Waals surface area contributed by atoms with E-state index in [4.69, 9.17) is 0 Å². The monoisotopic (exact) mass is 398 g/mol. The summed E-state index contributed by atoms with van der Waals surface area (Å²) in [5.74, 6) is -14.2. The third-order valence-corrected chi connectivity index (χ3v) is 5.60. The Bertz CT molecular complexity index is 796. The molecule has 0 aromatic heterocycles. The Morgan fingerprint density at radius 1 is 0.538 bits per heavy atom. The van der Waals surface area contributed by atoms with Crippen LogP contribution >= 0.6 is 8.58 Å². The van der Waals surface area contributed by atoms with Crippen molar-refractivity contribution in [2.24, 2.45) is 0 Å². The van der Waals surface area contributed by atoms with Gasteiger partial charge in [0.1, 0.15) is 0 Å². The molecule has 0 aliphatic heterocycles. The van der Waals surface area contributed by atoms with E-state index >= 15 is 0 Å². The lowest BCUT2D eigenvalue weighted by molar-refractivity contribution is 0.411. The van der Waals surface area contributed by atoms with E-state index in [1.165, 1.54) is 0 Å². The highest BCUT2D eigenvalue weighted by atomic mass is 31.1. The van der Waals surface area contributed by atoms with Crippen molar-refractivity contribution in [2.75, 3.05) is 6.16 Å². The van der Waals surface area contributed by atoms with Crippen molar-refractivity contribution >= 4 is 24.7 Å². The average molecular weight is 398 g/mol. The Morgan fingerprint density at radius 2 is 1.00 bits per heavy atom. The summed E-state index contributed by atoms with van der Waals surface area (Å²) in [5.41, 5.74) is 0. The lowest BCUT2D eigenvalue weighted by atomic mass is 10.1. The molecule has 0 aliphatic carbocycles. The van der Waals surface area contributed by atoms with Crippen molar-refractivity contribution in [1.29, 1.82) is 0 Å². The topological polar surface area (TPSA) is 0 Å². The molecule has 1 atom stereocenters. The highest BCUT2D eigenvalue weighted by Gasteiger charge is 2.30. The lowest BCUT2D eigenvalue weighted by Crippen LogP contribution is -2.15. The Hall–Kier alpha value is -1.36. The molecule has 0 fully saturated rings. The van der Waals surface area contributed by atoms with Gasteiger partial charge in [0.05, 0.1) is 5.39 Å². The van der Waals surface area contributed by atoms with Crippen LogP contribution in [0.15, 0.2) is 0 Å². The van der Waals surface area contributed by atoms with Gasteiger partial charge in [-0.1, -0.05) is 47.6 Å². The van der Waals surface area contributed by atoms with Gasteiger partial charge in [-0.25, -0.2) is 30.7 Å². The minimum atomic E-state index is -2.26. The maximum atomic E-state index is 14.1. The van der Waals surface area contributed by atoms with Gasteiger partial charge in [-0.15, -0.1) is 0 Å². The highest BCUT2D eigenvalue weighted by molar-refractivity contribution is 7.47. The standard InChI is InChI=1S/C18H18F7P/c1-2-3-4-5-6-7-8-26-18-10-9(12(20)16(24)17(18)25)11(19)14(22)15(23)13(10)21/h26H,2-8H2,1H3. The number of benzene rings is 2. The van der Waals surface area contributed by atoms with Crippen molar-refractivity contribution in [3.8, 4) is 0 Å². The summed E-state index contributed by atoms with van der Waals surface area (Å²) in [7, 11) is -0.529. The summed E-state index contributed by atoms with van der Waals surface area (Å²) in [5, 5.41) is -3.12. The number of halogens is 7. The minimum Gasteiger partial charge on any atom is -0.203 e. The zero-order valence-electron chi connectivity index (χ0n) is 14.1. The van der Waals surface area contributed by atoms with Crippen LogP contribution in [0.25, 0.3) is 10.8 Å². The third-order valence-electron chi connectivity index (χ3n) is 4.17. The van der Waals surface area contributed by atoms with E-state index in [-0.39, 0.29) is 0 Å². The molecule has 2 aromatic carbocycles. The van der Waals surface area contributed by atoms with E-state index in [9.17, 15) is 30.7 Å².